The van der Waals surface area contributed by atoms with Gasteiger partial charge in [-0.15, -0.1) is 0 Å². The van der Waals surface area contributed by atoms with Crippen LogP contribution in [-0.4, -0.2) is 58.0 Å². The van der Waals surface area contributed by atoms with Crippen molar-refractivity contribution >= 4 is 27.5 Å². The van der Waals surface area contributed by atoms with Crippen LogP contribution in [0.3, 0.4) is 0 Å². The standard InChI is InChI=1S/C32H41N3O6S/c1-21(2)33-32(37)25(6)34(19-26-11-9-22(3)10-12-26)31(36)20-35(27-16-23(4)15-24(5)17-27)42(38,39)28-13-14-29(40-7)30(18-28)41-8/h9-18,21,25H,19-20H2,1-8H3,(H,33,37). The van der Waals surface area contributed by atoms with Gasteiger partial charge in [-0.3, -0.25) is 13.9 Å². The highest BCUT2D eigenvalue weighted by atomic mass is 32.2. The van der Waals surface area contributed by atoms with Crippen LogP contribution in [0, 0.1) is 20.8 Å². The second kappa shape index (κ2) is 13.7. The molecule has 0 bridgehead atoms. The molecule has 3 aromatic rings. The largest absolute Gasteiger partial charge is 0.493 e. The minimum Gasteiger partial charge on any atom is -0.493 e. The highest BCUT2D eigenvalue weighted by Gasteiger charge is 2.33. The molecule has 0 fully saturated rings. The molecule has 0 aliphatic carbocycles. The Labute approximate surface area is 249 Å². The van der Waals surface area contributed by atoms with Gasteiger partial charge in [0, 0.05) is 18.7 Å². The van der Waals surface area contributed by atoms with Crippen molar-refractivity contribution < 1.29 is 27.5 Å². The predicted molar refractivity (Wildman–Crippen MR) is 164 cm³/mol. The lowest BCUT2D eigenvalue weighted by Crippen LogP contribution is -2.52. The zero-order valence-corrected chi connectivity index (χ0v) is 26.4. The Morgan fingerprint density at radius 3 is 1.95 bits per heavy atom. The molecule has 10 heteroatoms. The number of carbonyl (C=O) groups excluding carboxylic acids is 2. The molecule has 0 aliphatic heterocycles. The van der Waals surface area contributed by atoms with Crippen LogP contribution >= 0.6 is 0 Å². The van der Waals surface area contributed by atoms with Crippen LogP contribution in [0.5, 0.6) is 11.5 Å². The summed E-state index contributed by atoms with van der Waals surface area (Å²) >= 11 is 0. The number of benzene rings is 3. The number of rotatable bonds is 12. The fourth-order valence-corrected chi connectivity index (χ4v) is 6.02. The zero-order valence-electron chi connectivity index (χ0n) is 25.6. The molecule has 2 amide bonds. The first-order valence-electron chi connectivity index (χ1n) is 13.7. The number of anilines is 1. The van der Waals surface area contributed by atoms with Gasteiger partial charge in [0.1, 0.15) is 12.6 Å². The van der Waals surface area contributed by atoms with Gasteiger partial charge in [0.15, 0.2) is 11.5 Å². The van der Waals surface area contributed by atoms with Crippen LogP contribution in [-0.2, 0) is 26.2 Å². The van der Waals surface area contributed by atoms with Crippen LogP contribution < -0.4 is 19.1 Å². The van der Waals surface area contributed by atoms with Gasteiger partial charge in [-0.2, -0.15) is 0 Å². The van der Waals surface area contributed by atoms with Gasteiger partial charge in [-0.25, -0.2) is 8.42 Å². The summed E-state index contributed by atoms with van der Waals surface area (Å²) in [6.07, 6.45) is 0. The first-order valence-corrected chi connectivity index (χ1v) is 15.2. The van der Waals surface area contributed by atoms with Crippen LogP contribution in [0.1, 0.15) is 43.0 Å². The van der Waals surface area contributed by atoms with Crippen molar-refractivity contribution in [2.45, 2.75) is 65.1 Å². The summed E-state index contributed by atoms with van der Waals surface area (Å²) in [5, 5.41) is 2.86. The van der Waals surface area contributed by atoms with Crippen molar-refractivity contribution in [3.8, 4) is 11.5 Å². The molecule has 1 unspecified atom stereocenters. The molecule has 1 N–H and O–H groups in total. The fourth-order valence-electron chi connectivity index (χ4n) is 4.61. The van der Waals surface area contributed by atoms with E-state index in [1.54, 1.807) is 19.1 Å². The first-order chi connectivity index (χ1) is 19.8. The molecule has 0 saturated heterocycles. The van der Waals surface area contributed by atoms with E-state index in [1.807, 2.05) is 65.0 Å². The summed E-state index contributed by atoms with van der Waals surface area (Å²) in [5.74, 6) is -0.235. The van der Waals surface area contributed by atoms with E-state index in [0.29, 0.717) is 11.4 Å². The third-order valence-electron chi connectivity index (χ3n) is 6.79. The molecule has 3 aromatic carbocycles. The molecule has 0 radical (unpaired) electrons. The Balaban J connectivity index is 2.10. The number of amides is 2. The van der Waals surface area contributed by atoms with Crippen molar-refractivity contribution in [3.05, 3.63) is 82.9 Å². The third kappa shape index (κ3) is 7.82. The fraction of sp³-hybridized carbons (Fsp3) is 0.375. The summed E-state index contributed by atoms with van der Waals surface area (Å²) in [7, 11) is -1.38. The van der Waals surface area contributed by atoms with Crippen LogP contribution in [0.15, 0.2) is 65.6 Å². The second-order valence-corrected chi connectivity index (χ2v) is 12.6. The van der Waals surface area contributed by atoms with E-state index in [9.17, 15) is 18.0 Å². The van der Waals surface area contributed by atoms with Gasteiger partial charge >= 0.3 is 0 Å². The van der Waals surface area contributed by atoms with Crippen molar-refractivity contribution in [1.29, 1.82) is 0 Å². The number of sulfonamides is 1. The Hall–Kier alpha value is -4.05. The number of ether oxygens (including phenoxy) is 2. The normalized spacial score (nSPS) is 12.0. The molecule has 3 rings (SSSR count). The lowest BCUT2D eigenvalue weighted by atomic mass is 10.1. The molecular weight excluding hydrogens is 554 g/mol. The number of hydrogen-bond acceptors (Lipinski definition) is 6. The highest BCUT2D eigenvalue weighted by Crippen LogP contribution is 2.33. The number of aryl methyl sites for hydroxylation is 3. The quantitative estimate of drug-likeness (QED) is 0.324. The maximum Gasteiger partial charge on any atom is 0.264 e. The van der Waals surface area contributed by atoms with E-state index in [0.717, 1.165) is 26.6 Å². The Morgan fingerprint density at radius 1 is 0.810 bits per heavy atom. The van der Waals surface area contributed by atoms with Gasteiger partial charge < -0.3 is 19.7 Å². The van der Waals surface area contributed by atoms with Crippen molar-refractivity contribution in [1.82, 2.24) is 10.2 Å². The number of hydrogen-bond donors (Lipinski definition) is 1. The van der Waals surface area contributed by atoms with Gasteiger partial charge in [0.05, 0.1) is 24.8 Å². The van der Waals surface area contributed by atoms with Crippen LogP contribution in [0.25, 0.3) is 0 Å². The molecule has 226 valence electrons. The van der Waals surface area contributed by atoms with E-state index in [1.165, 1.54) is 37.3 Å². The van der Waals surface area contributed by atoms with Gasteiger partial charge in [-0.05, 0) is 82.5 Å². The van der Waals surface area contributed by atoms with Crippen LogP contribution in [0.2, 0.25) is 0 Å². The van der Waals surface area contributed by atoms with Gasteiger partial charge in [-0.1, -0.05) is 35.9 Å². The maximum atomic E-state index is 14.2. The Morgan fingerprint density at radius 2 is 1.40 bits per heavy atom. The average molecular weight is 596 g/mol. The van der Waals surface area contributed by atoms with E-state index in [-0.39, 0.29) is 29.1 Å². The molecule has 9 nitrogen and oxygen atoms in total. The maximum absolute atomic E-state index is 14.2. The van der Waals surface area contributed by atoms with E-state index >= 15 is 0 Å². The lowest BCUT2D eigenvalue weighted by Gasteiger charge is -2.32. The number of nitrogens with one attached hydrogen (secondary N) is 1. The minimum atomic E-state index is -4.27. The number of carbonyl (C=O) groups is 2. The predicted octanol–water partition coefficient (Wildman–Crippen LogP) is 4.77. The lowest BCUT2D eigenvalue weighted by molar-refractivity contribution is -0.139. The van der Waals surface area contributed by atoms with E-state index in [4.69, 9.17) is 9.47 Å². The minimum absolute atomic E-state index is 0.0669. The van der Waals surface area contributed by atoms with Crippen molar-refractivity contribution in [3.63, 3.8) is 0 Å². The summed E-state index contributed by atoms with van der Waals surface area (Å²) < 4.78 is 40.1. The topological polar surface area (TPSA) is 105 Å². The van der Waals surface area contributed by atoms with Crippen molar-refractivity contribution in [2.75, 3.05) is 25.1 Å². The number of methoxy groups -OCH3 is 2. The van der Waals surface area contributed by atoms with E-state index < -0.39 is 28.5 Å². The monoisotopic (exact) mass is 595 g/mol. The molecular formula is C32H41N3O6S. The zero-order chi connectivity index (χ0) is 31.2. The Bertz CT molecular complexity index is 1500. The average Bonchev–Trinajstić information content (AvgIpc) is 2.93. The summed E-state index contributed by atoms with van der Waals surface area (Å²) in [6.45, 7) is 10.6. The van der Waals surface area contributed by atoms with Gasteiger partial charge in [0.2, 0.25) is 11.8 Å². The second-order valence-electron chi connectivity index (χ2n) is 10.7. The first kappa shape index (κ1) is 32.5. The summed E-state index contributed by atoms with van der Waals surface area (Å²) in [5.41, 5.74) is 3.89. The smallest absolute Gasteiger partial charge is 0.264 e. The van der Waals surface area contributed by atoms with Gasteiger partial charge in [0.25, 0.3) is 10.0 Å². The molecule has 42 heavy (non-hydrogen) atoms. The van der Waals surface area contributed by atoms with Crippen LogP contribution in [0.4, 0.5) is 5.69 Å². The highest BCUT2D eigenvalue weighted by molar-refractivity contribution is 7.92. The Kier molecular flexibility index (Phi) is 10.6. The van der Waals surface area contributed by atoms with E-state index in [2.05, 4.69) is 5.32 Å². The third-order valence-corrected chi connectivity index (χ3v) is 8.56. The number of nitrogens with zero attached hydrogens (tertiary/aromatic N) is 2. The molecule has 0 saturated carbocycles. The molecule has 1 atom stereocenters. The SMILES string of the molecule is COc1ccc(S(=O)(=O)N(CC(=O)N(Cc2ccc(C)cc2)C(C)C(=O)NC(C)C)c2cc(C)cc(C)c2)cc1OC. The molecule has 0 spiro atoms. The molecule has 0 heterocycles. The summed E-state index contributed by atoms with van der Waals surface area (Å²) in [4.78, 5) is 28.5. The summed E-state index contributed by atoms with van der Waals surface area (Å²) in [6, 6.07) is 16.3. The molecule has 0 aromatic heterocycles. The molecule has 0 aliphatic rings. The van der Waals surface area contributed by atoms with Crippen molar-refractivity contribution in [2.24, 2.45) is 0 Å².